The molecule has 0 aliphatic carbocycles. The lowest BCUT2D eigenvalue weighted by Gasteiger charge is -2.07. The lowest BCUT2D eigenvalue weighted by atomic mass is 10.3. The van der Waals surface area contributed by atoms with Gasteiger partial charge in [-0.2, -0.15) is 0 Å². The van der Waals surface area contributed by atoms with Crippen molar-refractivity contribution in [1.82, 2.24) is 9.97 Å². The van der Waals surface area contributed by atoms with E-state index < -0.39 is 0 Å². The highest BCUT2D eigenvalue weighted by Gasteiger charge is 1.98. The predicted molar refractivity (Wildman–Crippen MR) is 80.9 cm³/mol. The molecule has 0 atom stereocenters. The van der Waals surface area contributed by atoms with Crippen LogP contribution in [-0.4, -0.2) is 30.3 Å². The zero-order valence-electron chi connectivity index (χ0n) is 11.2. The molecule has 0 amide bonds. The van der Waals surface area contributed by atoms with Crippen molar-refractivity contribution in [3.63, 3.8) is 0 Å². The molecule has 20 heavy (non-hydrogen) atoms. The van der Waals surface area contributed by atoms with Crippen LogP contribution in [-0.2, 0) is 11.3 Å². The van der Waals surface area contributed by atoms with Gasteiger partial charge in [0.1, 0.15) is 6.61 Å². The summed E-state index contributed by atoms with van der Waals surface area (Å²) in [5, 5.41) is 3.25. The summed E-state index contributed by atoms with van der Waals surface area (Å²) < 4.78 is 11.3. The molecule has 0 radical (unpaired) electrons. The van der Waals surface area contributed by atoms with Gasteiger partial charge in [0.15, 0.2) is 0 Å². The van der Waals surface area contributed by atoms with Gasteiger partial charge in [0.2, 0.25) is 5.88 Å². The number of nitrogens with one attached hydrogen (secondary N) is 1. The van der Waals surface area contributed by atoms with E-state index in [1.54, 1.807) is 19.5 Å². The van der Waals surface area contributed by atoms with Gasteiger partial charge in [-0.25, -0.2) is 4.98 Å². The number of hydrogen-bond donors (Lipinski definition) is 1. The van der Waals surface area contributed by atoms with E-state index in [0.29, 0.717) is 25.6 Å². The van der Waals surface area contributed by atoms with Crippen LogP contribution in [0.3, 0.4) is 0 Å². The van der Waals surface area contributed by atoms with E-state index >= 15 is 0 Å². The number of methoxy groups -OCH3 is 1. The third-order valence-corrected chi connectivity index (χ3v) is 3.01. The fourth-order valence-electron chi connectivity index (χ4n) is 1.50. The molecule has 0 fully saturated rings. The predicted octanol–water partition coefficient (Wildman–Crippen LogP) is 2.88. The number of rotatable bonds is 7. The number of anilines is 1. The second-order valence-corrected chi connectivity index (χ2v) is 4.96. The van der Waals surface area contributed by atoms with E-state index in [4.69, 9.17) is 9.47 Å². The molecular formula is C14H16BrN3O2. The molecule has 2 heterocycles. The summed E-state index contributed by atoms with van der Waals surface area (Å²) >= 11 is 3.36. The summed E-state index contributed by atoms with van der Waals surface area (Å²) in [5.74, 6) is 0.592. The quantitative estimate of drug-likeness (QED) is 0.787. The summed E-state index contributed by atoms with van der Waals surface area (Å²) in [7, 11) is 1.64. The van der Waals surface area contributed by atoms with Crippen molar-refractivity contribution in [2.24, 2.45) is 0 Å². The van der Waals surface area contributed by atoms with Gasteiger partial charge >= 0.3 is 0 Å². The Kier molecular flexibility index (Phi) is 5.76. The van der Waals surface area contributed by atoms with Gasteiger partial charge in [-0.1, -0.05) is 0 Å². The van der Waals surface area contributed by atoms with E-state index in [2.05, 4.69) is 31.2 Å². The van der Waals surface area contributed by atoms with Gasteiger partial charge in [-0.15, -0.1) is 0 Å². The number of pyridine rings is 2. The standard InChI is InChI=1S/C14H16BrN3O2/c1-19-6-7-20-14-5-4-13(10-18-14)17-9-12-3-2-11(15)8-16-12/h2-5,8,10,17H,6-7,9H2,1H3. The Morgan fingerprint density at radius 3 is 2.65 bits per heavy atom. The maximum Gasteiger partial charge on any atom is 0.213 e. The molecule has 0 aliphatic rings. The van der Waals surface area contributed by atoms with Crippen molar-refractivity contribution >= 4 is 21.6 Å². The average molecular weight is 338 g/mol. The van der Waals surface area contributed by atoms with Crippen LogP contribution in [0.1, 0.15) is 5.69 Å². The van der Waals surface area contributed by atoms with Crippen LogP contribution >= 0.6 is 15.9 Å². The van der Waals surface area contributed by atoms with Gasteiger partial charge in [-0.05, 0) is 34.1 Å². The van der Waals surface area contributed by atoms with Crippen molar-refractivity contribution in [2.75, 3.05) is 25.6 Å². The minimum absolute atomic E-state index is 0.499. The second kappa shape index (κ2) is 7.81. The molecule has 0 saturated heterocycles. The first-order valence-electron chi connectivity index (χ1n) is 6.20. The van der Waals surface area contributed by atoms with Crippen LogP contribution < -0.4 is 10.1 Å². The third-order valence-electron chi connectivity index (χ3n) is 2.54. The molecule has 0 aromatic carbocycles. The van der Waals surface area contributed by atoms with Crippen molar-refractivity contribution < 1.29 is 9.47 Å². The minimum Gasteiger partial charge on any atom is -0.475 e. The first kappa shape index (κ1) is 14.7. The first-order valence-corrected chi connectivity index (χ1v) is 6.99. The zero-order chi connectivity index (χ0) is 14.2. The Morgan fingerprint density at radius 2 is 2.00 bits per heavy atom. The Labute approximate surface area is 126 Å². The summed E-state index contributed by atoms with van der Waals surface area (Å²) in [6, 6.07) is 7.68. The van der Waals surface area contributed by atoms with E-state index in [9.17, 15) is 0 Å². The molecule has 5 nitrogen and oxygen atoms in total. The van der Waals surface area contributed by atoms with E-state index in [1.807, 2.05) is 24.3 Å². The van der Waals surface area contributed by atoms with Crippen molar-refractivity contribution in [2.45, 2.75) is 6.54 Å². The van der Waals surface area contributed by atoms with E-state index in [-0.39, 0.29) is 0 Å². The number of aromatic nitrogens is 2. The molecule has 2 aromatic heterocycles. The van der Waals surface area contributed by atoms with Crippen molar-refractivity contribution in [1.29, 1.82) is 0 Å². The molecule has 1 N–H and O–H groups in total. The van der Waals surface area contributed by atoms with Crippen LogP contribution in [0.5, 0.6) is 5.88 Å². The largest absolute Gasteiger partial charge is 0.475 e. The molecule has 0 saturated carbocycles. The van der Waals surface area contributed by atoms with Gasteiger partial charge in [-0.3, -0.25) is 4.98 Å². The SMILES string of the molecule is COCCOc1ccc(NCc2ccc(Br)cn2)cn1. The second-order valence-electron chi connectivity index (χ2n) is 4.05. The van der Waals surface area contributed by atoms with Crippen molar-refractivity contribution in [3.05, 3.63) is 46.8 Å². The lowest BCUT2D eigenvalue weighted by Crippen LogP contribution is -2.06. The fraction of sp³-hybridized carbons (Fsp3) is 0.286. The Bertz CT molecular complexity index is 517. The normalized spacial score (nSPS) is 10.3. The van der Waals surface area contributed by atoms with Crippen LogP contribution in [0.4, 0.5) is 5.69 Å². The Hall–Kier alpha value is -1.66. The lowest BCUT2D eigenvalue weighted by molar-refractivity contribution is 0.144. The molecule has 6 heteroatoms. The molecular weight excluding hydrogens is 322 g/mol. The molecule has 0 bridgehead atoms. The van der Waals surface area contributed by atoms with Crippen LogP contribution in [0.15, 0.2) is 41.1 Å². The van der Waals surface area contributed by atoms with Gasteiger partial charge in [0.05, 0.1) is 30.7 Å². The molecule has 2 aromatic rings. The Morgan fingerprint density at radius 1 is 1.10 bits per heavy atom. The monoisotopic (exact) mass is 337 g/mol. The van der Waals surface area contributed by atoms with Crippen molar-refractivity contribution in [3.8, 4) is 5.88 Å². The van der Waals surface area contributed by atoms with E-state index in [0.717, 1.165) is 15.9 Å². The average Bonchev–Trinajstić information content (AvgIpc) is 2.48. The van der Waals surface area contributed by atoms with Gasteiger partial charge < -0.3 is 14.8 Å². The number of hydrogen-bond acceptors (Lipinski definition) is 5. The highest BCUT2D eigenvalue weighted by molar-refractivity contribution is 9.10. The minimum atomic E-state index is 0.499. The highest BCUT2D eigenvalue weighted by Crippen LogP contribution is 2.13. The molecule has 0 spiro atoms. The van der Waals surface area contributed by atoms with Gasteiger partial charge in [0, 0.05) is 23.8 Å². The molecule has 0 aliphatic heterocycles. The first-order chi connectivity index (χ1) is 9.78. The number of nitrogens with zero attached hydrogens (tertiary/aromatic N) is 2. The number of halogens is 1. The summed E-state index contributed by atoms with van der Waals surface area (Å²) in [5.41, 5.74) is 1.89. The summed E-state index contributed by atoms with van der Waals surface area (Å²) in [6.07, 6.45) is 3.52. The molecule has 0 unspecified atom stereocenters. The van der Waals surface area contributed by atoms with E-state index in [1.165, 1.54) is 0 Å². The van der Waals surface area contributed by atoms with Crippen LogP contribution in [0.2, 0.25) is 0 Å². The highest BCUT2D eigenvalue weighted by atomic mass is 79.9. The maximum absolute atomic E-state index is 5.40. The van der Waals surface area contributed by atoms with Crippen LogP contribution in [0.25, 0.3) is 0 Å². The molecule has 106 valence electrons. The summed E-state index contributed by atoms with van der Waals surface area (Å²) in [4.78, 5) is 8.50. The number of ether oxygens (including phenoxy) is 2. The van der Waals surface area contributed by atoms with Crippen LogP contribution in [0, 0.1) is 0 Å². The Balaban J connectivity index is 1.82. The summed E-state index contributed by atoms with van der Waals surface area (Å²) in [6.45, 7) is 1.70. The topological polar surface area (TPSA) is 56.3 Å². The van der Waals surface area contributed by atoms with Gasteiger partial charge in [0.25, 0.3) is 0 Å². The zero-order valence-corrected chi connectivity index (χ0v) is 12.8. The smallest absolute Gasteiger partial charge is 0.213 e. The maximum atomic E-state index is 5.40. The third kappa shape index (κ3) is 4.79. The fourth-order valence-corrected chi connectivity index (χ4v) is 1.74. The molecule has 2 rings (SSSR count).